The Bertz CT molecular complexity index is 530. The van der Waals surface area contributed by atoms with Gasteiger partial charge in [-0.05, 0) is 20.8 Å². The van der Waals surface area contributed by atoms with Gasteiger partial charge in [-0.15, -0.1) is 0 Å². The summed E-state index contributed by atoms with van der Waals surface area (Å²) in [5, 5.41) is 2.91. The molecule has 21 heavy (non-hydrogen) atoms. The second kappa shape index (κ2) is 5.87. The average Bonchev–Trinajstić information content (AvgIpc) is 2.95. The van der Waals surface area contributed by atoms with Crippen LogP contribution in [0.3, 0.4) is 0 Å². The highest BCUT2D eigenvalue weighted by atomic mass is 16.2. The van der Waals surface area contributed by atoms with Crippen LogP contribution in [0.5, 0.6) is 0 Å². The monoisotopic (exact) mass is 292 g/mol. The second-order valence-electron chi connectivity index (χ2n) is 6.65. The summed E-state index contributed by atoms with van der Waals surface area (Å²) >= 11 is 0. The lowest BCUT2D eigenvalue weighted by molar-refractivity contribution is -0.132. The Morgan fingerprint density at radius 2 is 2.19 bits per heavy atom. The maximum atomic E-state index is 12.1. The zero-order valence-corrected chi connectivity index (χ0v) is 13.2. The Labute approximate surface area is 125 Å². The molecule has 116 valence electrons. The topological polar surface area (TPSA) is 67.2 Å². The minimum Gasteiger partial charge on any atom is -0.355 e. The fraction of sp³-hybridized carbons (Fsp3) is 0.667. The Hall–Kier alpha value is -1.85. The van der Waals surface area contributed by atoms with Crippen molar-refractivity contribution in [3.05, 3.63) is 18.2 Å². The first-order valence-corrected chi connectivity index (χ1v) is 7.32. The molecule has 1 aromatic heterocycles. The molecule has 1 aliphatic heterocycles. The molecule has 6 heteroatoms. The van der Waals surface area contributed by atoms with Crippen LogP contribution in [0.2, 0.25) is 0 Å². The van der Waals surface area contributed by atoms with Crippen LogP contribution in [-0.2, 0) is 23.1 Å². The molecule has 0 aromatic carbocycles. The predicted octanol–water partition coefficient (Wildman–Crippen LogP) is 0.726. The van der Waals surface area contributed by atoms with Gasteiger partial charge in [0.05, 0.1) is 17.9 Å². The number of aromatic nitrogens is 2. The fourth-order valence-corrected chi connectivity index (χ4v) is 2.59. The van der Waals surface area contributed by atoms with E-state index in [0.29, 0.717) is 25.9 Å². The van der Waals surface area contributed by atoms with Gasteiger partial charge in [-0.3, -0.25) is 9.59 Å². The van der Waals surface area contributed by atoms with Gasteiger partial charge in [0.25, 0.3) is 0 Å². The molecule has 1 unspecified atom stereocenters. The van der Waals surface area contributed by atoms with E-state index in [2.05, 4.69) is 10.3 Å². The molecule has 2 rings (SSSR count). The van der Waals surface area contributed by atoms with E-state index in [1.807, 2.05) is 38.6 Å². The van der Waals surface area contributed by atoms with Gasteiger partial charge >= 0.3 is 0 Å². The normalized spacial score (nSPS) is 19.1. The van der Waals surface area contributed by atoms with E-state index in [0.717, 1.165) is 5.69 Å². The maximum Gasteiger partial charge on any atom is 0.225 e. The van der Waals surface area contributed by atoms with Crippen LogP contribution in [0, 0.1) is 5.92 Å². The molecule has 0 radical (unpaired) electrons. The standard InChI is InChI=1S/C15H24N4O2/c1-15(2,3)19-8-11(7-13(19)20)14(21)16-6-5-12-9-18(4)10-17-12/h9-11H,5-8H2,1-4H3,(H,16,21). The van der Waals surface area contributed by atoms with Crippen molar-refractivity contribution in [1.29, 1.82) is 0 Å². The van der Waals surface area contributed by atoms with Crippen molar-refractivity contribution >= 4 is 11.8 Å². The lowest BCUT2D eigenvalue weighted by Gasteiger charge is -2.31. The molecule has 0 saturated carbocycles. The van der Waals surface area contributed by atoms with Crippen LogP contribution in [0.25, 0.3) is 0 Å². The van der Waals surface area contributed by atoms with Crippen LogP contribution in [0.1, 0.15) is 32.9 Å². The summed E-state index contributed by atoms with van der Waals surface area (Å²) in [6, 6.07) is 0. The Morgan fingerprint density at radius 1 is 1.48 bits per heavy atom. The summed E-state index contributed by atoms with van der Waals surface area (Å²) in [6.45, 7) is 7.04. The highest BCUT2D eigenvalue weighted by Gasteiger charge is 2.39. The van der Waals surface area contributed by atoms with E-state index in [1.54, 1.807) is 11.2 Å². The average molecular weight is 292 g/mol. The summed E-state index contributed by atoms with van der Waals surface area (Å²) in [5.74, 6) is -0.209. The van der Waals surface area contributed by atoms with Crippen molar-refractivity contribution in [2.24, 2.45) is 13.0 Å². The van der Waals surface area contributed by atoms with Gasteiger partial charge in [0, 0.05) is 44.7 Å². The fourth-order valence-electron chi connectivity index (χ4n) is 2.59. The van der Waals surface area contributed by atoms with Gasteiger partial charge in [-0.1, -0.05) is 0 Å². The number of hydrogen-bond donors (Lipinski definition) is 1. The molecular formula is C15H24N4O2. The van der Waals surface area contributed by atoms with E-state index >= 15 is 0 Å². The molecule has 1 fully saturated rings. The van der Waals surface area contributed by atoms with E-state index in [1.165, 1.54) is 0 Å². The number of amides is 2. The molecule has 0 bridgehead atoms. The molecule has 1 aromatic rings. The van der Waals surface area contributed by atoms with Crippen LogP contribution in [0.4, 0.5) is 0 Å². The van der Waals surface area contributed by atoms with Gasteiger partial charge in [-0.2, -0.15) is 0 Å². The highest BCUT2D eigenvalue weighted by molar-refractivity contribution is 5.89. The zero-order chi connectivity index (χ0) is 15.6. The van der Waals surface area contributed by atoms with Crippen molar-refractivity contribution in [3.63, 3.8) is 0 Å². The van der Waals surface area contributed by atoms with Gasteiger partial charge in [0.2, 0.25) is 11.8 Å². The molecule has 1 aliphatic rings. The Morgan fingerprint density at radius 3 is 2.71 bits per heavy atom. The number of nitrogens with one attached hydrogen (secondary N) is 1. The van der Waals surface area contributed by atoms with Crippen LogP contribution < -0.4 is 5.32 Å². The molecular weight excluding hydrogens is 268 g/mol. The third-order valence-electron chi connectivity index (χ3n) is 3.74. The predicted molar refractivity (Wildman–Crippen MR) is 79.5 cm³/mol. The first-order chi connectivity index (χ1) is 9.77. The third kappa shape index (κ3) is 3.83. The molecule has 6 nitrogen and oxygen atoms in total. The lowest BCUT2D eigenvalue weighted by atomic mass is 10.1. The lowest BCUT2D eigenvalue weighted by Crippen LogP contribution is -2.43. The number of carbonyl (C=O) groups is 2. The molecule has 2 amide bonds. The molecule has 1 saturated heterocycles. The van der Waals surface area contributed by atoms with E-state index in [-0.39, 0.29) is 23.3 Å². The number of nitrogens with zero attached hydrogens (tertiary/aromatic N) is 3. The van der Waals surface area contributed by atoms with E-state index in [4.69, 9.17) is 0 Å². The van der Waals surface area contributed by atoms with E-state index in [9.17, 15) is 9.59 Å². The van der Waals surface area contributed by atoms with Crippen molar-refractivity contribution in [2.75, 3.05) is 13.1 Å². The highest BCUT2D eigenvalue weighted by Crippen LogP contribution is 2.25. The summed E-state index contributed by atoms with van der Waals surface area (Å²) in [7, 11) is 1.92. The maximum absolute atomic E-state index is 12.1. The number of rotatable bonds is 4. The van der Waals surface area contributed by atoms with Gasteiger partial charge in [0.1, 0.15) is 0 Å². The molecule has 0 aliphatic carbocycles. The number of aryl methyl sites for hydroxylation is 1. The van der Waals surface area contributed by atoms with Gasteiger partial charge in [0.15, 0.2) is 0 Å². The van der Waals surface area contributed by atoms with Gasteiger partial charge in [-0.25, -0.2) is 4.98 Å². The molecule has 2 heterocycles. The largest absolute Gasteiger partial charge is 0.355 e. The second-order valence-corrected chi connectivity index (χ2v) is 6.65. The summed E-state index contributed by atoms with van der Waals surface area (Å²) < 4.78 is 1.88. The Kier molecular flexibility index (Phi) is 4.34. The first-order valence-electron chi connectivity index (χ1n) is 7.32. The summed E-state index contributed by atoms with van der Waals surface area (Å²) in [5.41, 5.74) is 0.733. The van der Waals surface area contributed by atoms with Crippen LogP contribution in [-0.4, -0.2) is 44.9 Å². The Balaban J connectivity index is 1.80. The van der Waals surface area contributed by atoms with Crippen molar-refractivity contribution in [3.8, 4) is 0 Å². The minimum absolute atomic E-state index is 0.0361. The van der Waals surface area contributed by atoms with E-state index < -0.39 is 0 Å². The van der Waals surface area contributed by atoms with Gasteiger partial charge < -0.3 is 14.8 Å². The van der Waals surface area contributed by atoms with Crippen molar-refractivity contribution < 1.29 is 9.59 Å². The van der Waals surface area contributed by atoms with Crippen molar-refractivity contribution in [1.82, 2.24) is 19.8 Å². The zero-order valence-electron chi connectivity index (χ0n) is 13.2. The first kappa shape index (κ1) is 15.5. The molecule has 1 atom stereocenters. The number of likely N-dealkylation sites (tertiary alicyclic amines) is 1. The quantitative estimate of drug-likeness (QED) is 0.889. The third-order valence-corrected chi connectivity index (χ3v) is 3.74. The minimum atomic E-state index is -0.236. The van der Waals surface area contributed by atoms with Crippen LogP contribution >= 0.6 is 0 Å². The van der Waals surface area contributed by atoms with Crippen LogP contribution in [0.15, 0.2) is 12.5 Å². The molecule has 1 N–H and O–H groups in total. The number of hydrogen-bond acceptors (Lipinski definition) is 3. The summed E-state index contributed by atoms with van der Waals surface area (Å²) in [4.78, 5) is 30.1. The molecule has 0 spiro atoms. The smallest absolute Gasteiger partial charge is 0.225 e. The van der Waals surface area contributed by atoms with Crippen molar-refractivity contribution in [2.45, 2.75) is 39.2 Å². The number of carbonyl (C=O) groups excluding carboxylic acids is 2. The number of imidazole rings is 1. The SMILES string of the molecule is Cn1cnc(CCNC(=O)C2CC(=O)N(C(C)(C)C)C2)c1. The summed E-state index contributed by atoms with van der Waals surface area (Å²) in [6.07, 6.45) is 4.70.